The summed E-state index contributed by atoms with van der Waals surface area (Å²) in [4.78, 5) is 4.24. The van der Waals surface area contributed by atoms with E-state index in [0.717, 1.165) is 28.3 Å². The zero-order valence-corrected chi connectivity index (χ0v) is 9.65. The van der Waals surface area contributed by atoms with Crippen molar-refractivity contribution in [3.63, 3.8) is 0 Å². The van der Waals surface area contributed by atoms with Crippen LogP contribution < -0.4 is 0 Å². The first-order chi connectivity index (χ1) is 7.72. The van der Waals surface area contributed by atoms with Crippen molar-refractivity contribution < 1.29 is 9.26 Å². The Balaban J connectivity index is 2.43. The van der Waals surface area contributed by atoms with Gasteiger partial charge in [-0.05, 0) is 26.0 Å². The molecule has 2 aromatic rings. The van der Waals surface area contributed by atoms with Crippen LogP contribution >= 0.6 is 0 Å². The molecule has 0 aliphatic rings. The Kier molecular flexibility index (Phi) is 3.01. The van der Waals surface area contributed by atoms with Crippen LogP contribution in [-0.2, 0) is 11.3 Å². The minimum Gasteiger partial charge on any atom is -0.380 e. The van der Waals surface area contributed by atoms with Crippen molar-refractivity contribution >= 4 is 0 Å². The first-order valence-corrected chi connectivity index (χ1v) is 5.09. The second kappa shape index (κ2) is 4.45. The summed E-state index contributed by atoms with van der Waals surface area (Å²) in [5.41, 5.74) is 3.73. The van der Waals surface area contributed by atoms with Crippen LogP contribution in [0.25, 0.3) is 11.3 Å². The third-order valence-electron chi connectivity index (χ3n) is 2.46. The van der Waals surface area contributed by atoms with Crippen LogP contribution in [0, 0.1) is 13.8 Å². The molecule has 0 spiro atoms. The maximum absolute atomic E-state index is 5.18. The predicted molar refractivity (Wildman–Crippen MR) is 59.9 cm³/mol. The number of aryl methyl sites for hydroxylation is 2. The lowest BCUT2D eigenvalue weighted by Gasteiger charge is -2.01. The van der Waals surface area contributed by atoms with Crippen molar-refractivity contribution in [2.24, 2.45) is 0 Å². The van der Waals surface area contributed by atoms with E-state index in [2.05, 4.69) is 10.1 Å². The summed E-state index contributed by atoms with van der Waals surface area (Å²) >= 11 is 0. The molecule has 0 saturated carbocycles. The highest BCUT2D eigenvalue weighted by Crippen LogP contribution is 2.25. The lowest BCUT2D eigenvalue weighted by atomic mass is 10.1. The molecule has 0 aromatic carbocycles. The molecule has 0 fully saturated rings. The number of aromatic nitrogens is 2. The Morgan fingerprint density at radius 2 is 2.12 bits per heavy atom. The second-order valence-electron chi connectivity index (χ2n) is 3.69. The van der Waals surface area contributed by atoms with E-state index < -0.39 is 0 Å². The molecule has 0 aliphatic carbocycles. The van der Waals surface area contributed by atoms with Crippen LogP contribution in [-0.4, -0.2) is 17.3 Å². The average molecular weight is 218 g/mol. The molecule has 4 nitrogen and oxygen atoms in total. The van der Waals surface area contributed by atoms with E-state index in [1.807, 2.05) is 26.0 Å². The molecule has 2 rings (SSSR count). The van der Waals surface area contributed by atoms with Crippen molar-refractivity contribution in [2.45, 2.75) is 20.5 Å². The molecule has 4 heteroatoms. The summed E-state index contributed by atoms with van der Waals surface area (Å²) in [6.45, 7) is 4.33. The van der Waals surface area contributed by atoms with Crippen molar-refractivity contribution in [2.75, 3.05) is 7.11 Å². The zero-order valence-electron chi connectivity index (χ0n) is 9.65. The lowest BCUT2D eigenvalue weighted by molar-refractivity contribution is 0.183. The van der Waals surface area contributed by atoms with Crippen molar-refractivity contribution in [3.8, 4) is 11.3 Å². The Morgan fingerprint density at radius 1 is 1.31 bits per heavy atom. The van der Waals surface area contributed by atoms with Gasteiger partial charge in [0.1, 0.15) is 11.5 Å². The smallest absolute Gasteiger partial charge is 0.139 e. The highest BCUT2D eigenvalue weighted by Gasteiger charge is 2.14. The molecule has 84 valence electrons. The third kappa shape index (κ3) is 1.97. The number of hydrogen-bond acceptors (Lipinski definition) is 4. The van der Waals surface area contributed by atoms with E-state index >= 15 is 0 Å². The summed E-state index contributed by atoms with van der Waals surface area (Å²) in [6.07, 6.45) is 1.80. The SMILES string of the molecule is COCc1c(-c2ccc(C)nc2)noc1C. The minimum atomic E-state index is 0.499. The summed E-state index contributed by atoms with van der Waals surface area (Å²) in [5, 5.41) is 4.04. The number of nitrogens with zero attached hydrogens (tertiary/aromatic N) is 2. The van der Waals surface area contributed by atoms with Crippen molar-refractivity contribution in [1.29, 1.82) is 0 Å². The van der Waals surface area contributed by atoms with Gasteiger partial charge in [-0.25, -0.2) is 0 Å². The predicted octanol–water partition coefficient (Wildman–Crippen LogP) is 2.50. The van der Waals surface area contributed by atoms with Crippen molar-refractivity contribution in [1.82, 2.24) is 10.1 Å². The number of methoxy groups -OCH3 is 1. The maximum atomic E-state index is 5.18. The molecule has 0 radical (unpaired) electrons. The van der Waals surface area contributed by atoms with E-state index in [1.165, 1.54) is 0 Å². The van der Waals surface area contributed by atoms with Gasteiger partial charge in [0.2, 0.25) is 0 Å². The van der Waals surface area contributed by atoms with Gasteiger partial charge in [0.25, 0.3) is 0 Å². The largest absolute Gasteiger partial charge is 0.380 e. The molecule has 0 aliphatic heterocycles. The molecule has 0 saturated heterocycles. The number of pyridine rings is 1. The molecule has 0 atom stereocenters. The molecule has 16 heavy (non-hydrogen) atoms. The third-order valence-corrected chi connectivity index (χ3v) is 2.46. The quantitative estimate of drug-likeness (QED) is 0.794. The highest BCUT2D eigenvalue weighted by atomic mass is 16.5. The zero-order chi connectivity index (χ0) is 11.5. The van der Waals surface area contributed by atoms with Crippen LogP contribution in [0.2, 0.25) is 0 Å². The Hall–Kier alpha value is -1.68. The standard InChI is InChI=1S/C12H14N2O2/c1-8-4-5-10(6-13-8)12-11(7-15-3)9(2)16-14-12/h4-6H,7H2,1-3H3. The summed E-state index contributed by atoms with van der Waals surface area (Å²) in [5.74, 6) is 0.789. The lowest BCUT2D eigenvalue weighted by Crippen LogP contribution is -1.92. The van der Waals surface area contributed by atoms with Gasteiger partial charge in [0.15, 0.2) is 0 Å². The molecular weight excluding hydrogens is 204 g/mol. The molecule has 0 unspecified atom stereocenters. The second-order valence-corrected chi connectivity index (χ2v) is 3.69. The van der Waals surface area contributed by atoms with Gasteiger partial charge in [0, 0.05) is 30.1 Å². The van der Waals surface area contributed by atoms with E-state index in [-0.39, 0.29) is 0 Å². The van der Waals surface area contributed by atoms with Gasteiger partial charge in [-0.3, -0.25) is 4.98 Å². The summed E-state index contributed by atoms with van der Waals surface area (Å²) in [7, 11) is 1.66. The summed E-state index contributed by atoms with van der Waals surface area (Å²) < 4.78 is 10.3. The summed E-state index contributed by atoms with van der Waals surface area (Å²) in [6, 6.07) is 3.94. The maximum Gasteiger partial charge on any atom is 0.139 e. The number of hydrogen-bond donors (Lipinski definition) is 0. The van der Waals surface area contributed by atoms with Gasteiger partial charge in [0.05, 0.1) is 6.61 Å². The van der Waals surface area contributed by atoms with E-state index in [0.29, 0.717) is 6.61 Å². The highest BCUT2D eigenvalue weighted by molar-refractivity contribution is 5.62. The first kappa shape index (κ1) is 10.8. The van der Waals surface area contributed by atoms with Crippen LogP contribution in [0.1, 0.15) is 17.0 Å². The first-order valence-electron chi connectivity index (χ1n) is 5.09. The molecule has 0 bridgehead atoms. The fraction of sp³-hybridized carbons (Fsp3) is 0.333. The van der Waals surface area contributed by atoms with Gasteiger partial charge >= 0.3 is 0 Å². The Bertz CT molecular complexity index is 474. The van der Waals surface area contributed by atoms with Crippen LogP contribution in [0.5, 0.6) is 0 Å². The topological polar surface area (TPSA) is 48.2 Å². The Labute approximate surface area is 94.2 Å². The molecule has 0 N–H and O–H groups in total. The molecule has 2 aromatic heterocycles. The Morgan fingerprint density at radius 3 is 2.75 bits per heavy atom. The molecular formula is C12H14N2O2. The average Bonchev–Trinajstić information content (AvgIpc) is 2.63. The van der Waals surface area contributed by atoms with Gasteiger partial charge < -0.3 is 9.26 Å². The van der Waals surface area contributed by atoms with Crippen LogP contribution in [0.15, 0.2) is 22.9 Å². The van der Waals surface area contributed by atoms with Gasteiger partial charge in [-0.2, -0.15) is 0 Å². The fourth-order valence-electron chi connectivity index (χ4n) is 1.54. The van der Waals surface area contributed by atoms with E-state index in [1.54, 1.807) is 13.3 Å². The monoisotopic (exact) mass is 218 g/mol. The minimum absolute atomic E-state index is 0.499. The van der Waals surface area contributed by atoms with Crippen molar-refractivity contribution in [3.05, 3.63) is 35.3 Å². The molecule has 0 amide bonds. The van der Waals surface area contributed by atoms with Gasteiger partial charge in [-0.1, -0.05) is 5.16 Å². The fourth-order valence-corrected chi connectivity index (χ4v) is 1.54. The van der Waals surface area contributed by atoms with E-state index in [4.69, 9.17) is 9.26 Å². The van der Waals surface area contributed by atoms with Crippen LogP contribution in [0.3, 0.4) is 0 Å². The normalized spacial score (nSPS) is 10.7. The number of rotatable bonds is 3. The van der Waals surface area contributed by atoms with Crippen LogP contribution in [0.4, 0.5) is 0 Å². The molecule has 2 heterocycles. The number of ether oxygens (including phenoxy) is 1. The van der Waals surface area contributed by atoms with E-state index in [9.17, 15) is 0 Å². The van der Waals surface area contributed by atoms with Gasteiger partial charge in [-0.15, -0.1) is 0 Å².